The zero-order valence-corrected chi connectivity index (χ0v) is 10.2. The van der Waals surface area contributed by atoms with Crippen molar-refractivity contribution in [2.75, 3.05) is 0 Å². The maximum absolute atomic E-state index is 3.47. The summed E-state index contributed by atoms with van der Waals surface area (Å²) >= 11 is 3.47. The van der Waals surface area contributed by atoms with Gasteiger partial charge < -0.3 is 0 Å². The van der Waals surface area contributed by atoms with Crippen molar-refractivity contribution in [3.63, 3.8) is 0 Å². The first-order chi connectivity index (χ1) is 7.24. The normalized spacial score (nSPS) is 10.3. The van der Waals surface area contributed by atoms with E-state index in [0.29, 0.717) is 0 Å². The number of aryl methyl sites for hydroxylation is 1. The summed E-state index contributed by atoms with van der Waals surface area (Å²) in [6, 6.07) is 17.9. The molecular weight excluding hydrogens is 248 g/mol. The van der Waals surface area contributed by atoms with Crippen LogP contribution in [0.3, 0.4) is 0 Å². The lowest BCUT2D eigenvalue weighted by molar-refractivity contribution is 1.18. The highest BCUT2D eigenvalue weighted by Crippen LogP contribution is 2.15. The number of hydrogen-bond donors (Lipinski definition) is 0. The van der Waals surface area contributed by atoms with E-state index in [1.165, 1.54) is 16.7 Å². The van der Waals surface area contributed by atoms with Gasteiger partial charge in [-0.1, -0.05) is 51.8 Å². The summed E-state index contributed by atoms with van der Waals surface area (Å²) in [4.78, 5) is 0. The van der Waals surface area contributed by atoms with Gasteiger partial charge in [0.05, 0.1) is 0 Å². The largest absolute Gasteiger partial charge is 0.0590 e. The van der Waals surface area contributed by atoms with Crippen LogP contribution in [0.25, 0.3) is 0 Å². The lowest BCUT2D eigenvalue weighted by Gasteiger charge is -2.02. The molecule has 0 spiro atoms. The van der Waals surface area contributed by atoms with E-state index in [-0.39, 0.29) is 0 Å². The fraction of sp³-hybridized carbons (Fsp3) is 0.143. The molecule has 0 amide bonds. The van der Waals surface area contributed by atoms with Crippen molar-refractivity contribution in [2.24, 2.45) is 0 Å². The van der Waals surface area contributed by atoms with Crippen LogP contribution in [0.2, 0.25) is 0 Å². The standard InChI is InChI=1S/C14H12Br/c1-11-5-7-12(8-6-11)9-13-3-2-4-14(15)10-13/h2,4-8,10H,9H2,1H3. The van der Waals surface area contributed by atoms with Gasteiger partial charge in [0.2, 0.25) is 0 Å². The molecule has 0 atom stereocenters. The molecule has 0 aliphatic heterocycles. The first-order valence-corrected chi connectivity index (χ1v) is 5.75. The number of benzene rings is 2. The molecule has 0 fully saturated rings. The number of hydrogen-bond acceptors (Lipinski definition) is 0. The molecule has 1 heteroatoms. The monoisotopic (exact) mass is 259 g/mol. The number of halogens is 1. The van der Waals surface area contributed by atoms with Crippen LogP contribution >= 0.6 is 15.9 Å². The summed E-state index contributed by atoms with van der Waals surface area (Å²) in [5, 5.41) is 0. The van der Waals surface area contributed by atoms with E-state index in [0.717, 1.165) is 10.9 Å². The predicted octanol–water partition coefficient (Wildman–Crippen LogP) is 4.15. The van der Waals surface area contributed by atoms with Crippen LogP contribution in [-0.2, 0) is 6.42 Å². The Balaban J connectivity index is 2.18. The molecule has 15 heavy (non-hydrogen) atoms. The highest BCUT2D eigenvalue weighted by molar-refractivity contribution is 9.10. The minimum atomic E-state index is 0.944. The van der Waals surface area contributed by atoms with Gasteiger partial charge in [0.25, 0.3) is 0 Å². The third kappa shape index (κ3) is 2.93. The van der Waals surface area contributed by atoms with Crippen molar-refractivity contribution in [3.8, 4) is 0 Å². The summed E-state index contributed by atoms with van der Waals surface area (Å²) in [5.41, 5.74) is 3.85. The van der Waals surface area contributed by atoms with Gasteiger partial charge in [-0.3, -0.25) is 0 Å². The van der Waals surface area contributed by atoms with Crippen molar-refractivity contribution in [1.82, 2.24) is 0 Å². The highest BCUT2D eigenvalue weighted by atomic mass is 79.9. The number of rotatable bonds is 2. The zero-order chi connectivity index (χ0) is 10.7. The molecule has 0 unspecified atom stereocenters. The zero-order valence-electron chi connectivity index (χ0n) is 8.63. The van der Waals surface area contributed by atoms with Gasteiger partial charge in [0.1, 0.15) is 0 Å². The molecule has 0 nitrogen and oxygen atoms in total. The molecule has 0 heterocycles. The second-order valence-electron chi connectivity index (χ2n) is 3.69. The Labute approximate surface area is 99.1 Å². The fourth-order valence-electron chi connectivity index (χ4n) is 1.51. The summed E-state index contributed by atoms with van der Waals surface area (Å²) in [6.45, 7) is 2.11. The fourth-order valence-corrected chi connectivity index (χ4v) is 1.92. The minimum absolute atomic E-state index is 0.944. The van der Waals surface area contributed by atoms with Crippen molar-refractivity contribution in [3.05, 3.63) is 69.7 Å². The highest BCUT2D eigenvalue weighted by Gasteiger charge is 1.97. The van der Waals surface area contributed by atoms with Crippen LogP contribution in [0.1, 0.15) is 16.7 Å². The Morgan fingerprint density at radius 3 is 2.53 bits per heavy atom. The summed E-state index contributed by atoms with van der Waals surface area (Å²) < 4.78 is 1.11. The maximum Gasteiger partial charge on any atom is 0.0178 e. The molecule has 0 saturated heterocycles. The van der Waals surface area contributed by atoms with Gasteiger partial charge in [-0.15, -0.1) is 0 Å². The topological polar surface area (TPSA) is 0 Å². The first-order valence-electron chi connectivity index (χ1n) is 4.96. The van der Waals surface area contributed by atoms with Crippen LogP contribution in [0, 0.1) is 13.0 Å². The van der Waals surface area contributed by atoms with Gasteiger partial charge in [-0.25, -0.2) is 0 Å². The molecule has 0 aliphatic rings. The third-order valence-electron chi connectivity index (χ3n) is 2.34. The molecule has 2 aromatic rings. The lowest BCUT2D eigenvalue weighted by Crippen LogP contribution is -1.88. The Kier molecular flexibility index (Phi) is 3.22. The van der Waals surface area contributed by atoms with E-state index in [9.17, 15) is 0 Å². The van der Waals surface area contributed by atoms with Crippen LogP contribution in [0.5, 0.6) is 0 Å². The van der Waals surface area contributed by atoms with E-state index in [2.05, 4.69) is 59.3 Å². The smallest absolute Gasteiger partial charge is 0.0178 e. The molecule has 0 bridgehead atoms. The molecule has 1 radical (unpaired) electrons. The minimum Gasteiger partial charge on any atom is -0.0590 e. The molecule has 0 aromatic heterocycles. The third-order valence-corrected chi connectivity index (χ3v) is 2.83. The van der Waals surface area contributed by atoms with E-state index < -0.39 is 0 Å². The maximum atomic E-state index is 3.47. The summed E-state index contributed by atoms with van der Waals surface area (Å²) in [5.74, 6) is 0. The van der Waals surface area contributed by atoms with E-state index in [4.69, 9.17) is 0 Å². The Hall–Kier alpha value is -1.08. The van der Waals surface area contributed by atoms with E-state index in [1.807, 2.05) is 12.1 Å². The summed E-state index contributed by atoms with van der Waals surface area (Å²) in [6.07, 6.45) is 0.944. The van der Waals surface area contributed by atoms with Crippen molar-refractivity contribution in [2.45, 2.75) is 13.3 Å². The molecule has 0 aliphatic carbocycles. The Bertz CT molecular complexity index is 443. The van der Waals surface area contributed by atoms with E-state index in [1.54, 1.807) is 0 Å². The van der Waals surface area contributed by atoms with Gasteiger partial charge >= 0.3 is 0 Å². The van der Waals surface area contributed by atoms with Gasteiger partial charge in [0, 0.05) is 4.47 Å². The predicted molar refractivity (Wildman–Crippen MR) is 67.0 cm³/mol. The Morgan fingerprint density at radius 2 is 1.87 bits per heavy atom. The van der Waals surface area contributed by atoms with Crippen molar-refractivity contribution >= 4 is 15.9 Å². The van der Waals surface area contributed by atoms with E-state index >= 15 is 0 Å². The molecule has 75 valence electrons. The van der Waals surface area contributed by atoms with Gasteiger partial charge in [0.15, 0.2) is 0 Å². The average Bonchev–Trinajstić information content (AvgIpc) is 2.22. The van der Waals surface area contributed by atoms with Crippen LogP contribution < -0.4 is 0 Å². The van der Waals surface area contributed by atoms with Crippen LogP contribution in [0.4, 0.5) is 0 Å². The molecule has 0 saturated carbocycles. The van der Waals surface area contributed by atoms with Gasteiger partial charge in [-0.05, 0) is 42.7 Å². The molecule has 2 aromatic carbocycles. The first kappa shape index (κ1) is 10.4. The second kappa shape index (κ2) is 4.63. The quantitative estimate of drug-likeness (QED) is 0.761. The van der Waals surface area contributed by atoms with Crippen LogP contribution in [-0.4, -0.2) is 0 Å². The lowest BCUT2D eigenvalue weighted by atomic mass is 10.0. The van der Waals surface area contributed by atoms with Crippen molar-refractivity contribution in [1.29, 1.82) is 0 Å². The van der Waals surface area contributed by atoms with Crippen molar-refractivity contribution < 1.29 is 0 Å². The molecular formula is C14H12Br. The Morgan fingerprint density at radius 1 is 1.13 bits per heavy atom. The summed E-state index contributed by atoms with van der Waals surface area (Å²) in [7, 11) is 0. The average molecular weight is 260 g/mol. The second-order valence-corrected chi connectivity index (χ2v) is 4.61. The SMILES string of the molecule is Cc1ccc(Cc2[c]ccc(Br)c2)cc1. The molecule has 2 rings (SSSR count). The van der Waals surface area contributed by atoms with Crippen LogP contribution in [0.15, 0.2) is 46.9 Å². The van der Waals surface area contributed by atoms with Gasteiger partial charge in [-0.2, -0.15) is 0 Å². The molecule has 0 N–H and O–H groups in total.